The van der Waals surface area contributed by atoms with E-state index in [2.05, 4.69) is 10.6 Å². The highest BCUT2D eigenvalue weighted by Crippen LogP contribution is 2.25. The number of nitrogens with one attached hydrogen (secondary N) is 2. The topological polar surface area (TPSA) is 84.3 Å². The molecule has 0 unspecified atom stereocenters. The Morgan fingerprint density at radius 2 is 2.35 bits per heavy atom. The van der Waals surface area contributed by atoms with Crippen molar-refractivity contribution in [2.24, 2.45) is 0 Å². The molecular formula is C13H16ClN3O3. The van der Waals surface area contributed by atoms with E-state index in [4.69, 9.17) is 11.6 Å². The molecule has 1 aliphatic heterocycles. The quantitative estimate of drug-likeness (QED) is 0.644. The first-order valence-electron chi connectivity index (χ1n) is 6.54. The van der Waals surface area contributed by atoms with Crippen LogP contribution in [-0.4, -0.2) is 30.0 Å². The van der Waals surface area contributed by atoms with Crippen LogP contribution in [0.1, 0.15) is 29.6 Å². The van der Waals surface area contributed by atoms with Gasteiger partial charge < -0.3 is 10.6 Å². The lowest BCUT2D eigenvalue weighted by Crippen LogP contribution is -2.31. The van der Waals surface area contributed by atoms with E-state index in [1.54, 1.807) is 0 Å². The third kappa shape index (κ3) is 3.46. The molecule has 1 atom stereocenters. The number of nitrogens with zero attached hydrogens (tertiary/aromatic N) is 1. The Bertz CT molecular complexity index is 516. The van der Waals surface area contributed by atoms with E-state index < -0.39 is 10.8 Å². The van der Waals surface area contributed by atoms with E-state index in [0.29, 0.717) is 12.6 Å². The van der Waals surface area contributed by atoms with Crippen LogP contribution in [-0.2, 0) is 0 Å². The Hall–Kier alpha value is -1.66. The third-order valence-electron chi connectivity index (χ3n) is 3.36. The number of amides is 1. The van der Waals surface area contributed by atoms with Crippen molar-refractivity contribution in [3.05, 3.63) is 38.9 Å². The van der Waals surface area contributed by atoms with Crippen molar-refractivity contribution in [1.29, 1.82) is 0 Å². The Morgan fingerprint density at radius 1 is 1.55 bits per heavy atom. The van der Waals surface area contributed by atoms with E-state index in [1.165, 1.54) is 18.2 Å². The molecule has 1 amide bonds. The zero-order chi connectivity index (χ0) is 14.5. The van der Waals surface area contributed by atoms with Crippen molar-refractivity contribution in [3.63, 3.8) is 0 Å². The van der Waals surface area contributed by atoms with Gasteiger partial charge in [0.05, 0.1) is 9.95 Å². The van der Waals surface area contributed by atoms with Crippen LogP contribution in [0, 0.1) is 10.1 Å². The third-order valence-corrected chi connectivity index (χ3v) is 3.67. The summed E-state index contributed by atoms with van der Waals surface area (Å²) in [7, 11) is 0. The number of nitro groups is 1. The van der Waals surface area contributed by atoms with E-state index >= 15 is 0 Å². The maximum Gasteiger partial charge on any atom is 0.283 e. The van der Waals surface area contributed by atoms with Crippen LogP contribution in [0.15, 0.2) is 18.2 Å². The van der Waals surface area contributed by atoms with Crippen molar-refractivity contribution in [2.45, 2.75) is 25.3 Å². The molecule has 2 N–H and O–H groups in total. The highest BCUT2D eigenvalue weighted by molar-refractivity contribution is 6.34. The molecule has 7 heteroatoms. The molecule has 0 aromatic heterocycles. The lowest BCUT2D eigenvalue weighted by molar-refractivity contribution is -0.385. The second-order valence-electron chi connectivity index (χ2n) is 4.73. The summed E-state index contributed by atoms with van der Waals surface area (Å²) in [6, 6.07) is 4.62. The predicted octanol–water partition coefficient (Wildman–Crippen LogP) is 2.12. The molecule has 1 heterocycles. The molecule has 0 radical (unpaired) electrons. The van der Waals surface area contributed by atoms with Gasteiger partial charge >= 0.3 is 0 Å². The summed E-state index contributed by atoms with van der Waals surface area (Å²) in [5.74, 6) is -0.500. The summed E-state index contributed by atoms with van der Waals surface area (Å²) in [5.41, 5.74) is -0.340. The highest BCUT2D eigenvalue weighted by Gasteiger charge is 2.23. The predicted molar refractivity (Wildman–Crippen MR) is 76.1 cm³/mol. The monoisotopic (exact) mass is 297 g/mol. The van der Waals surface area contributed by atoms with Crippen molar-refractivity contribution in [2.75, 3.05) is 13.1 Å². The number of hydrogen-bond acceptors (Lipinski definition) is 4. The first kappa shape index (κ1) is 14.7. The van der Waals surface area contributed by atoms with E-state index in [9.17, 15) is 14.9 Å². The Morgan fingerprint density at radius 3 is 3.00 bits per heavy atom. The number of rotatable bonds is 5. The fourth-order valence-corrected chi connectivity index (χ4v) is 2.60. The molecule has 0 bridgehead atoms. The Kier molecular flexibility index (Phi) is 4.92. The summed E-state index contributed by atoms with van der Waals surface area (Å²) in [4.78, 5) is 22.4. The second kappa shape index (κ2) is 6.67. The molecule has 0 saturated carbocycles. The van der Waals surface area contributed by atoms with Crippen LogP contribution in [0.3, 0.4) is 0 Å². The smallest absolute Gasteiger partial charge is 0.283 e. The number of benzene rings is 1. The van der Waals surface area contributed by atoms with Gasteiger partial charge in [-0.3, -0.25) is 14.9 Å². The molecule has 1 aromatic rings. The molecule has 6 nitrogen and oxygen atoms in total. The number of halogens is 1. The lowest BCUT2D eigenvalue weighted by Gasteiger charge is -2.11. The van der Waals surface area contributed by atoms with E-state index in [0.717, 1.165) is 25.8 Å². The van der Waals surface area contributed by atoms with Gasteiger partial charge in [0.2, 0.25) is 0 Å². The van der Waals surface area contributed by atoms with Crippen molar-refractivity contribution in [1.82, 2.24) is 10.6 Å². The Balaban J connectivity index is 1.99. The van der Waals surface area contributed by atoms with Gasteiger partial charge in [0.15, 0.2) is 0 Å². The van der Waals surface area contributed by atoms with Crippen LogP contribution in [0.4, 0.5) is 5.69 Å². The summed E-state index contributed by atoms with van der Waals surface area (Å²) in [5, 5.41) is 17.0. The van der Waals surface area contributed by atoms with Gasteiger partial charge in [-0.1, -0.05) is 17.7 Å². The first-order chi connectivity index (χ1) is 9.59. The standard InChI is InChI=1S/C13H16ClN3O3/c14-10-4-1-5-11(17(19)20)12(10)13(18)16-8-6-9-3-2-7-15-9/h1,4-5,9,15H,2-3,6-8H2,(H,16,18)/t9-/m1/s1. The number of hydrogen-bond donors (Lipinski definition) is 2. The molecule has 0 spiro atoms. The van der Waals surface area contributed by atoms with Gasteiger partial charge in [-0.15, -0.1) is 0 Å². The molecular weight excluding hydrogens is 282 g/mol. The first-order valence-corrected chi connectivity index (χ1v) is 6.92. The average molecular weight is 298 g/mol. The number of carbonyl (C=O) groups excluding carboxylic acids is 1. The molecule has 20 heavy (non-hydrogen) atoms. The summed E-state index contributed by atoms with van der Waals surface area (Å²) in [6.07, 6.45) is 3.06. The fraction of sp³-hybridized carbons (Fsp3) is 0.462. The van der Waals surface area contributed by atoms with Crippen molar-refractivity contribution in [3.8, 4) is 0 Å². The van der Waals surface area contributed by atoms with Crippen LogP contribution < -0.4 is 10.6 Å². The molecule has 1 aliphatic rings. The average Bonchev–Trinajstić information content (AvgIpc) is 2.91. The van der Waals surface area contributed by atoms with Gasteiger partial charge in [-0.25, -0.2) is 0 Å². The van der Waals surface area contributed by atoms with Crippen molar-refractivity contribution >= 4 is 23.2 Å². The minimum absolute atomic E-state index is 0.0708. The molecule has 2 rings (SSSR count). The largest absolute Gasteiger partial charge is 0.352 e. The number of nitro benzene ring substituents is 1. The van der Waals surface area contributed by atoms with Crippen molar-refractivity contribution < 1.29 is 9.72 Å². The lowest BCUT2D eigenvalue weighted by atomic mass is 10.1. The SMILES string of the molecule is O=C(NCC[C@H]1CCCN1)c1c(Cl)cccc1[N+](=O)[O-]. The Labute approximate surface area is 121 Å². The molecule has 0 aliphatic carbocycles. The van der Waals surface area contributed by atoms with Crippen LogP contribution in [0.2, 0.25) is 5.02 Å². The van der Waals surface area contributed by atoms with Crippen LogP contribution in [0.25, 0.3) is 0 Å². The zero-order valence-corrected chi connectivity index (χ0v) is 11.7. The van der Waals surface area contributed by atoms with Gasteiger partial charge in [-0.05, 0) is 31.9 Å². The highest BCUT2D eigenvalue weighted by atomic mass is 35.5. The second-order valence-corrected chi connectivity index (χ2v) is 5.14. The number of carbonyl (C=O) groups is 1. The summed E-state index contributed by atoms with van der Waals surface area (Å²) in [6.45, 7) is 1.48. The van der Waals surface area contributed by atoms with Gasteiger partial charge in [0, 0.05) is 18.7 Å². The van der Waals surface area contributed by atoms with Crippen LogP contribution in [0.5, 0.6) is 0 Å². The minimum atomic E-state index is -0.598. The van der Waals surface area contributed by atoms with Gasteiger partial charge in [0.1, 0.15) is 5.56 Å². The zero-order valence-electron chi connectivity index (χ0n) is 10.9. The minimum Gasteiger partial charge on any atom is -0.352 e. The fourth-order valence-electron chi connectivity index (χ4n) is 2.34. The van der Waals surface area contributed by atoms with Gasteiger partial charge in [0.25, 0.3) is 11.6 Å². The van der Waals surface area contributed by atoms with Gasteiger partial charge in [-0.2, -0.15) is 0 Å². The maximum atomic E-state index is 12.0. The molecule has 1 fully saturated rings. The molecule has 108 valence electrons. The van der Waals surface area contributed by atoms with E-state index in [-0.39, 0.29) is 16.3 Å². The summed E-state index contributed by atoms with van der Waals surface area (Å²) >= 11 is 5.90. The summed E-state index contributed by atoms with van der Waals surface area (Å²) < 4.78 is 0. The van der Waals surface area contributed by atoms with E-state index in [1.807, 2.05) is 0 Å². The van der Waals surface area contributed by atoms with Crippen LogP contribution >= 0.6 is 11.6 Å². The molecule has 1 saturated heterocycles. The maximum absolute atomic E-state index is 12.0. The molecule has 1 aromatic carbocycles. The normalized spacial score (nSPS) is 17.9.